The van der Waals surface area contributed by atoms with Crippen molar-refractivity contribution in [2.24, 2.45) is 0 Å². The number of ether oxygens (including phenoxy) is 1. The van der Waals surface area contributed by atoms with E-state index in [4.69, 9.17) is 9.72 Å². The zero-order valence-corrected chi connectivity index (χ0v) is 18.2. The van der Waals surface area contributed by atoms with E-state index in [0.29, 0.717) is 12.4 Å². The van der Waals surface area contributed by atoms with Crippen LogP contribution in [-0.4, -0.2) is 22.0 Å². The van der Waals surface area contributed by atoms with E-state index in [0.717, 1.165) is 47.6 Å². The molecule has 0 spiro atoms. The molecule has 3 aromatic rings. The van der Waals surface area contributed by atoms with E-state index in [1.54, 1.807) is 0 Å². The molecule has 0 radical (unpaired) electrons. The van der Waals surface area contributed by atoms with E-state index in [9.17, 15) is 4.79 Å². The smallest absolute Gasteiger partial charge is 0.293 e. The Morgan fingerprint density at radius 2 is 1.71 bits per heavy atom. The van der Waals surface area contributed by atoms with Gasteiger partial charge in [-0.3, -0.25) is 4.79 Å². The first-order chi connectivity index (χ1) is 14.9. The minimum atomic E-state index is -0.464. The van der Waals surface area contributed by atoms with Gasteiger partial charge < -0.3 is 15.4 Å². The van der Waals surface area contributed by atoms with Crippen LogP contribution in [0.2, 0.25) is 0 Å². The van der Waals surface area contributed by atoms with Gasteiger partial charge in [0.2, 0.25) is 5.95 Å². The third-order valence-corrected chi connectivity index (χ3v) is 5.40. The second kappa shape index (κ2) is 8.38. The molecule has 0 amide bonds. The summed E-state index contributed by atoms with van der Waals surface area (Å²) in [5.41, 5.74) is 3.17. The molecule has 160 valence electrons. The van der Waals surface area contributed by atoms with Crippen molar-refractivity contribution in [2.75, 3.05) is 10.6 Å². The monoisotopic (exact) mass is 416 g/mol. The maximum atomic E-state index is 10.9. The van der Waals surface area contributed by atoms with Crippen molar-refractivity contribution in [3.05, 3.63) is 66.2 Å². The number of aromatic nitrogens is 2. The van der Waals surface area contributed by atoms with Crippen LogP contribution in [0.25, 0.3) is 11.3 Å². The summed E-state index contributed by atoms with van der Waals surface area (Å²) in [7, 11) is 0. The van der Waals surface area contributed by atoms with Gasteiger partial charge in [0.05, 0.1) is 5.69 Å². The molecule has 2 aromatic carbocycles. The molecule has 0 bridgehead atoms. The Balaban J connectivity index is 1.61. The van der Waals surface area contributed by atoms with E-state index in [1.807, 2.05) is 60.7 Å². The fraction of sp³-hybridized carbons (Fsp3) is 0.320. The van der Waals surface area contributed by atoms with Gasteiger partial charge >= 0.3 is 0 Å². The Morgan fingerprint density at radius 3 is 2.29 bits per heavy atom. The summed E-state index contributed by atoms with van der Waals surface area (Å²) < 4.78 is 5.40. The number of nitrogens with one attached hydrogen (secondary N) is 2. The molecular formula is C25H28N4O2. The second-order valence-corrected chi connectivity index (χ2v) is 8.97. The molecule has 1 aliphatic carbocycles. The molecule has 6 nitrogen and oxygen atoms in total. The fourth-order valence-corrected chi connectivity index (χ4v) is 3.76. The first-order valence-electron chi connectivity index (χ1n) is 10.6. The van der Waals surface area contributed by atoms with Gasteiger partial charge in [0, 0.05) is 22.9 Å². The van der Waals surface area contributed by atoms with Crippen LogP contribution in [-0.2, 0) is 15.1 Å². The minimum Gasteiger partial charge on any atom is -0.456 e. The first-order valence-corrected chi connectivity index (χ1v) is 10.6. The van der Waals surface area contributed by atoms with Gasteiger partial charge in [-0.2, -0.15) is 4.98 Å². The highest BCUT2D eigenvalue weighted by Crippen LogP contribution is 2.44. The van der Waals surface area contributed by atoms with Crippen molar-refractivity contribution in [1.82, 2.24) is 9.97 Å². The molecule has 1 aromatic heterocycles. The maximum absolute atomic E-state index is 10.9. The average Bonchev–Trinajstić information content (AvgIpc) is 2.71. The van der Waals surface area contributed by atoms with Gasteiger partial charge in [0.15, 0.2) is 0 Å². The van der Waals surface area contributed by atoms with E-state index in [-0.39, 0.29) is 5.54 Å². The molecular weight excluding hydrogens is 388 g/mol. The van der Waals surface area contributed by atoms with Crippen LogP contribution in [0, 0.1) is 0 Å². The van der Waals surface area contributed by atoms with E-state index in [2.05, 4.69) is 36.4 Å². The fourth-order valence-electron chi connectivity index (χ4n) is 3.76. The lowest BCUT2D eigenvalue weighted by Crippen LogP contribution is -2.36. The molecule has 0 unspecified atom stereocenters. The summed E-state index contributed by atoms with van der Waals surface area (Å²) in [6, 6.07) is 20.0. The number of hydrogen-bond acceptors (Lipinski definition) is 6. The molecule has 1 aliphatic rings. The van der Waals surface area contributed by atoms with Crippen molar-refractivity contribution in [2.45, 2.75) is 51.2 Å². The van der Waals surface area contributed by atoms with Crippen LogP contribution in [0.5, 0.6) is 0 Å². The van der Waals surface area contributed by atoms with Crippen LogP contribution in [0.3, 0.4) is 0 Å². The highest BCUT2D eigenvalue weighted by molar-refractivity contribution is 5.66. The largest absolute Gasteiger partial charge is 0.456 e. The van der Waals surface area contributed by atoms with Crippen molar-refractivity contribution >= 4 is 23.9 Å². The molecule has 1 saturated carbocycles. The summed E-state index contributed by atoms with van der Waals surface area (Å²) in [5, 5.41) is 6.75. The lowest BCUT2D eigenvalue weighted by atomic mass is 9.75. The third-order valence-electron chi connectivity index (χ3n) is 5.40. The zero-order valence-electron chi connectivity index (χ0n) is 18.2. The number of hydrogen-bond donors (Lipinski definition) is 2. The highest BCUT2D eigenvalue weighted by atomic mass is 16.5. The quantitative estimate of drug-likeness (QED) is 0.485. The third kappa shape index (κ3) is 4.85. The minimum absolute atomic E-state index is 0.128. The summed E-state index contributed by atoms with van der Waals surface area (Å²) in [6.45, 7) is 6.85. The van der Waals surface area contributed by atoms with Crippen LogP contribution in [0.4, 0.5) is 17.5 Å². The number of rotatable bonds is 7. The van der Waals surface area contributed by atoms with Gasteiger partial charge in [0.1, 0.15) is 11.4 Å². The Labute approximate surface area is 183 Å². The van der Waals surface area contributed by atoms with Gasteiger partial charge in [-0.1, -0.05) is 42.5 Å². The summed E-state index contributed by atoms with van der Waals surface area (Å²) in [6.07, 6.45) is 2.79. The van der Waals surface area contributed by atoms with Crippen LogP contribution in [0.15, 0.2) is 60.7 Å². The molecule has 1 heterocycles. The molecule has 0 aliphatic heterocycles. The van der Waals surface area contributed by atoms with E-state index >= 15 is 0 Å². The highest BCUT2D eigenvalue weighted by Gasteiger charge is 2.40. The Morgan fingerprint density at radius 1 is 1.00 bits per heavy atom. The molecule has 1 fully saturated rings. The van der Waals surface area contributed by atoms with Gasteiger partial charge in [0.25, 0.3) is 6.47 Å². The Bertz CT molecular complexity index is 1040. The summed E-state index contributed by atoms with van der Waals surface area (Å²) in [5.74, 6) is 1.27. The van der Waals surface area contributed by atoms with E-state index < -0.39 is 5.60 Å². The number of benzene rings is 2. The second-order valence-electron chi connectivity index (χ2n) is 8.97. The van der Waals surface area contributed by atoms with Crippen molar-refractivity contribution in [1.29, 1.82) is 0 Å². The standard InChI is InChI=1S/C25H28N4O2/c1-24(2,3)29-22-16-21(18-8-5-4-6-9-18)27-23(28-22)26-20-12-10-19(11-13-20)25(31-17-30)14-7-15-25/h4-6,8-13,16-17H,7,14-15H2,1-3H3,(H2,26,27,28,29). The molecule has 0 saturated heterocycles. The SMILES string of the molecule is CC(C)(C)Nc1cc(-c2ccccc2)nc(Nc2ccc(C3(OC=O)CCC3)cc2)n1. The van der Waals surface area contributed by atoms with Gasteiger partial charge in [-0.15, -0.1) is 0 Å². The number of anilines is 3. The zero-order chi connectivity index (χ0) is 21.9. The lowest BCUT2D eigenvalue weighted by molar-refractivity contribution is -0.155. The predicted molar refractivity (Wildman–Crippen MR) is 123 cm³/mol. The van der Waals surface area contributed by atoms with Crippen molar-refractivity contribution < 1.29 is 9.53 Å². The van der Waals surface area contributed by atoms with Crippen LogP contribution >= 0.6 is 0 Å². The Hall–Kier alpha value is -3.41. The normalized spacial score (nSPS) is 14.9. The molecule has 31 heavy (non-hydrogen) atoms. The molecule has 2 N–H and O–H groups in total. The number of carbonyl (C=O) groups excluding carboxylic acids is 1. The van der Waals surface area contributed by atoms with Gasteiger partial charge in [-0.25, -0.2) is 4.98 Å². The first kappa shape index (κ1) is 20.8. The lowest BCUT2D eigenvalue weighted by Gasteiger charge is -2.40. The maximum Gasteiger partial charge on any atom is 0.293 e. The topological polar surface area (TPSA) is 76.1 Å². The van der Waals surface area contributed by atoms with Crippen LogP contribution in [0.1, 0.15) is 45.6 Å². The average molecular weight is 417 g/mol. The Kier molecular flexibility index (Phi) is 5.63. The summed E-state index contributed by atoms with van der Waals surface area (Å²) >= 11 is 0. The number of carbonyl (C=O) groups is 1. The van der Waals surface area contributed by atoms with Crippen molar-refractivity contribution in [3.8, 4) is 11.3 Å². The molecule has 0 atom stereocenters. The summed E-state index contributed by atoms with van der Waals surface area (Å²) in [4.78, 5) is 20.3. The van der Waals surface area contributed by atoms with E-state index in [1.165, 1.54) is 0 Å². The van der Waals surface area contributed by atoms with Crippen molar-refractivity contribution in [3.63, 3.8) is 0 Å². The molecule has 4 rings (SSSR count). The van der Waals surface area contributed by atoms with Gasteiger partial charge in [-0.05, 0) is 57.7 Å². The number of nitrogens with zero attached hydrogens (tertiary/aromatic N) is 2. The molecule has 6 heteroatoms. The predicted octanol–water partition coefficient (Wildman–Crippen LogP) is 5.65. The van der Waals surface area contributed by atoms with Crippen LogP contribution < -0.4 is 10.6 Å².